The first-order valence-electron chi connectivity index (χ1n) is 6.28. The molecule has 2 aromatic rings. The summed E-state index contributed by atoms with van der Waals surface area (Å²) in [5.41, 5.74) is 8.16. The maximum atomic E-state index is 12.5. The molecule has 3 N–H and O–H groups in total. The predicted octanol–water partition coefficient (Wildman–Crippen LogP) is 2.03. The quantitative estimate of drug-likeness (QED) is 0.626. The van der Waals surface area contributed by atoms with Gasteiger partial charge in [-0.3, -0.25) is 9.69 Å². The molecule has 18 heavy (non-hydrogen) atoms. The summed E-state index contributed by atoms with van der Waals surface area (Å²) in [6, 6.07) is 5.65. The Balaban J connectivity index is 2.01. The summed E-state index contributed by atoms with van der Waals surface area (Å²) in [7, 11) is 2.02. The van der Waals surface area contributed by atoms with Crippen molar-refractivity contribution in [3.8, 4) is 0 Å². The van der Waals surface area contributed by atoms with E-state index in [9.17, 15) is 4.79 Å². The molecule has 0 aliphatic carbocycles. The molecule has 0 unspecified atom stereocenters. The topological polar surface area (TPSA) is 62.1 Å². The number of carbonyl (C=O) groups is 1. The number of nitrogens with zero attached hydrogens (tertiary/aromatic N) is 1. The molecular weight excluding hydrogens is 226 g/mol. The van der Waals surface area contributed by atoms with Crippen LogP contribution in [0.15, 0.2) is 24.4 Å². The van der Waals surface area contributed by atoms with Gasteiger partial charge in [0.15, 0.2) is 5.78 Å². The molecule has 0 radical (unpaired) electrons. The number of nitrogens with one attached hydrogen (secondary N) is 1. The third kappa shape index (κ3) is 1.69. The van der Waals surface area contributed by atoms with Crippen LogP contribution < -0.4 is 5.73 Å². The number of Topliss-reactive ketones (excluding diaryl/α,β-unsaturated/α-hetero) is 1. The Kier molecular flexibility index (Phi) is 2.59. The van der Waals surface area contributed by atoms with Gasteiger partial charge in [-0.25, -0.2) is 0 Å². The Morgan fingerprint density at radius 3 is 3.06 bits per heavy atom. The van der Waals surface area contributed by atoms with Crippen molar-refractivity contribution in [1.82, 2.24) is 9.88 Å². The lowest BCUT2D eigenvalue weighted by Crippen LogP contribution is -2.32. The molecule has 1 aromatic carbocycles. The van der Waals surface area contributed by atoms with Crippen molar-refractivity contribution in [2.45, 2.75) is 18.9 Å². The van der Waals surface area contributed by atoms with Gasteiger partial charge in [0.2, 0.25) is 0 Å². The Bertz CT molecular complexity index is 602. The molecule has 0 amide bonds. The zero-order valence-electron chi connectivity index (χ0n) is 10.4. The zero-order valence-corrected chi connectivity index (χ0v) is 10.4. The number of nitrogens with two attached hydrogens (primary N) is 1. The number of ketones is 1. The van der Waals surface area contributed by atoms with Crippen LogP contribution >= 0.6 is 0 Å². The van der Waals surface area contributed by atoms with Crippen LogP contribution in [0.1, 0.15) is 23.2 Å². The van der Waals surface area contributed by atoms with E-state index in [1.165, 1.54) is 0 Å². The summed E-state index contributed by atoms with van der Waals surface area (Å²) in [6.07, 6.45) is 3.86. The number of nitrogen functional groups attached to an aromatic ring is 1. The van der Waals surface area contributed by atoms with Gasteiger partial charge in [-0.05, 0) is 38.6 Å². The molecule has 2 heterocycles. The van der Waals surface area contributed by atoms with E-state index >= 15 is 0 Å². The second kappa shape index (κ2) is 4.14. The highest BCUT2D eigenvalue weighted by Crippen LogP contribution is 2.25. The lowest BCUT2D eigenvalue weighted by molar-refractivity contribution is 0.0892. The smallest absolute Gasteiger partial charge is 0.182 e. The van der Waals surface area contributed by atoms with Crippen LogP contribution in [-0.4, -0.2) is 35.3 Å². The number of H-pyrrole nitrogens is 1. The molecule has 4 nitrogen and oxygen atoms in total. The summed E-state index contributed by atoms with van der Waals surface area (Å²) in [5, 5.41) is 0.967. The van der Waals surface area contributed by atoms with E-state index in [4.69, 9.17) is 5.73 Å². The molecule has 3 rings (SSSR count). The average molecular weight is 243 g/mol. The van der Waals surface area contributed by atoms with Gasteiger partial charge in [0.1, 0.15) is 0 Å². The normalized spacial score (nSPS) is 20.6. The van der Waals surface area contributed by atoms with E-state index in [1.54, 1.807) is 6.20 Å². The first-order valence-corrected chi connectivity index (χ1v) is 6.28. The SMILES string of the molecule is CN1CCC[C@@H]1C(=O)c1c[nH]c2cc(N)ccc12. The number of carbonyl (C=O) groups excluding carboxylic acids is 1. The Morgan fingerprint density at radius 1 is 1.50 bits per heavy atom. The van der Waals surface area contributed by atoms with Crippen molar-refractivity contribution in [2.24, 2.45) is 0 Å². The van der Waals surface area contributed by atoms with Gasteiger partial charge >= 0.3 is 0 Å². The number of aromatic amines is 1. The number of hydrogen-bond donors (Lipinski definition) is 2. The molecule has 0 saturated carbocycles. The molecular formula is C14H17N3O. The fraction of sp³-hybridized carbons (Fsp3) is 0.357. The van der Waals surface area contributed by atoms with E-state index < -0.39 is 0 Å². The minimum absolute atomic E-state index is 0.0292. The van der Waals surface area contributed by atoms with E-state index in [0.717, 1.165) is 35.9 Å². The Labute approximate surface area is 106 Å². The van der Waals surface area contributed by atoms with E-state index in [1.807, 2.05) is 25.2 Å². The number of anilines is 1. The zero-order chi connectivity index (χ0) is 12.7. The molecule has 0 bridgehead atoms. The van der Waals surface area contributed by atoms with Crippen LogP contribution in [0.5, 0.6) is 0 Å². The highest BCUT2D eigenvalue weighted by molar-refractivity contribution is 6.10. The number of likely N-dealkylation sites (N-methyl/N-ethyl adjacent to an activating group) is 1. The lowest BCUT2D eigenvalue weighted by atomic mass is 10.0. The molecule has 1 aliphatic heterocycles. The first-order chi connectivity index (χ1) is 8.66. The van der Waals surface area contributed by atoms with Crippen molar-refractivity contribution in [2.75, 3.05) is 19.3 Å². The van der Waals surface area contributed by atoms with Crippen LogP contribution in [0.3, 0.4) is 0 Å². The van der Waals surface area contributed by atoms with Crippen molar-refractivity contribution in [3.05, 3.63) is 30.0 Å². The fourth-order valence-corrected chi connectivity index (χ4v) is 2.77. The van der Waals surface area contributed by atoms with Gasteiger partial charge in [0, 0.05) is 28.4 Å². The highest BCUT2D eigenvalue weighted by atomic mass is 16.1. The number of aromatic nitrogens is 1. The number of fused-ring (bicyclic) bond motifs is 1. The van der Waals surface area contributed by atoms with Crippen LogP contribution in [0.2, 0.25) is 0 Å². The minimum atomic E-state index is 0.0292. The lowest BCUT2D eigenvalue weighted by Gasteiger charge is -2.17. The standard InChI is InChI=1S/C14H17N3O/c1-17-6-2-3-13(17)14(18)11-8-16-12-7-9(15)4-5-10(11)12/h4-5,7-8,13,16H,2-3,6,15H2,1H3/t13-/m1/s1. The van der Waals surface area contributed by atoms with Crippen LogP contribution in [-0.2, 0) is 0 Å². The maximum Gasteiger partial charge on any atom is 0.182 e. The number of rotatable bonds is 2. The summed E-state index contributed by atoms with van der Waals surface area (Å²) in [6.45, 7) is 1.01. The maximum absolute atomic E-state index is 12.5. The largest absolute Gasteiger partial charge is 0.399 e. The highest BCUT2D eigenvalue weighted by Gasteiger charge is 2.29. The average Bonchev–Trinajstić information content (AvgIpc) is 2.94. The van der Waals surface area contributed by atoms with Gasteiger partial charge in [0.25, 0.3) is 0 Å². The first kappa shape index (κ1) is 11.3. The Morgan fingerprint density at radius 2 is 2.33 bits per heavy atom. The van der Waals surface area contributed by atoms with E-state index in [-0.39, 0.29) is 11.8 Å². The number of benzene rings is 1. The third-order valence-electron chi connectivity index (χ3n) is 3.79. The fourth-order valence-electron chi connectivity index (χ4n) is 2.77. The molecule has 94 valence electrons. The minimum Gasteiger partial charge on any atom is -0.399 e. The molecule has 1 aliphatic rings. The molecule has 0 spiro atoms. The number of likely N-dealkylation sites (tertiary alicyclic amines) is 1. The molecule has 1 fully saturated rings. The Hall–Kier alpha value is -1.81. The van der Waals surface area contributed by atoms with Gasteiger partial charge < -0.3 is 10.7 Å². The van der Waals surface area contributed by atoms with Crippen LogP contribution in [0, 0.1) is 0 Å². The summed E-state index contributed by atoms with van der Waals surface area (Å²) >= 11 is 0. The second-order valence-corrected chi connectivity index (χ2v) is 5.01. The summed E-state index contributed by atoms with van der Waals surface area (Å²) < 4.78 is 0. The van der Waals surface area contributed by atoms with Crippen LogP contribution in [0.4, 0.5) is 5.69 Å². The summed E-state index contributed by atoms with van der Waals surface area (Å²) in [5.74, 6) is 0.214. The van der Waals surface area contributed by atoms with Crippen molar-refractivity contribution in [1.29, 1.82) is 0 Å². The molecule has 4 heteroatoms. The van der Waals surface area contributed by atoms with E-state index in [2.05, 4.69) is 9.88 Å². The van der Waals surface area contributed by atoms with Gasteiger partial charge in [-0.2, -0.15) is 0 Å². The molecule has 1 atom stereocenters. The number of hydrogen-bond acceptors (Lipinski definition) is 3. The monoisotopic (exact) mass is 243 g/mol. The van der Waals surface area contributed by atoms with Gasteiger partial charge in [0.05, 0.1) is 6.04 Å². The molecule has 1 aromatic heterocycles. The van der Waals surface area contributed by atoms with Crippen molar-refractivity contribution >= 4 is 22.4 Å². The van der Waals surface area contributed by atoms with E-state index in [0.29, 0.717) is 5.69 Å². The molecule has 1 saturated heterocycles. The second-order valence-electron chi connectivity index (χ2n) is 5.01. The van der Waals surface area contributed by atoms with Crippen molar-refractivity contribution < 1.29 is 4.79 Å². The van der Waals surface area contributed by atoms with Crippen LogP contribution in [0.25, 0.3) is 10.9 Å². The van der Waals surface area contributed by atoms with Gasteiger partial charge in [-0.1, -0.05) is 6.07 Å². The third-order valence-corrected chi connectivity index (χ3v) is 3.79. The van der Waals surface area contributed by atoms with Crippen molar-refractivity contribution in [3.63, 3.8) is 0 Å². The summed E-state index contributed by atoms with van der Waals surface area (Å²) in [4.78, 5) is 17.8. The predicted molar refractivity (Wildman–Crippen MR) is 72.7 cm³/mol. The van der Waals surface area contributed by atoms with Gasteiger partial charge in [-0.15, -0.1) is 0 Å².